The lowest BCUT2D eigenvalue weighted by Crippen LogP contribution is -2.35. The van der Waals surface area contributed by atoms with E-state index in [0.717, 1.165) is 6.04 Å². The minimum Gasteiger partial charge on any atom is -0.317 e. The third-order valence-electron chi connectivity index (χ3n) is 2.87. The van der Waals surface area contributed by atoms with Crippen LogP contribution in [0.5, 0.6) is 0 Å². The molecule has 0 aromatic carbocycles. The van der Waals surface area contributed by atoms with E-state index in [4.69, 9.17) is 0 Å². The second kappa shape index (κ2) is 10.0. The summed E-state index contributed by atoms with van der Waals surface area (Å²) in [6.07, 6.45) is 4.07. The van der Waals surface area contributed by atoms with Crippen LogP contribution in [0, 0.1) is 0 Å². The Morgan fingerprint density at radius 2 is 1.71 bits per heavy atom. The first-order valence-corrected chi connectivity index (χ1v) is 5.33. The normalized spacial score (nSPS) is 22.1. The number of hydrogen-bond acceptors (Lipinski definition) is 2. The highest BCUT2D eigenvalue weighted by molar-refractivity contribution is 5.85. The topological polar surface area (TPSA) is 15.3 Å². The molecule has 0 radical (unpaired) electrons. The summed E-state index contributed by atoms with van der Waals surface area (Å²) >= 11 is 0. The van der Waals surface area contributed by atoms with Gasteiger partial charge in [0.2, 0.25) is 0 Å². The molecule has 88 valence electrons. The summed E-state index contributed by atoms with van der Waals surface area (Å²) in [5.41, 5.74) is 0. The summed E-state index contributed by atoms with van der Waals surface area (Å²) in [7, 11) is 0. The summed E-state index contributed by atoms with van der Waals surface area (Å²) in [5, 5.41) is 3.45. The van der Waals surface area contributed by atoms with Gasteiger partial charge in [-0.15, -0.1) is 24.8 Å². The molecule has 1 aliphatic rings. The van der Waals surface area contributed by atoms with Crippen molar-refractivity contribution in [1.82, 2.24) is 10.2 Å². The van der Waals surface area contributed by atoms with E-state index in [2.05, 4.69) is 24.1 Å². The van der Waals surface area contributed by atoms with Crippen LogP contribution in [0.3, 0.4) is 0 Å². The molecule has 0 spiro atoms. The zero-order chi connectivity index (χ0) is 8.81. The third-order valence-corrected chi connectivity index (χ3v) is 2.87. The lowest BCUT2D eigenvalue weighted by Gasteiger charge is -2.28. The Hall–Kier alpha value is 0.500. The summed E-state index contributed by atoms with van der Waals surface area (Å²) in [6.45, 7) is 9.38. The molecule has 1 N–H and O–H groups in total. The van der Waals surface area contributed by atoms with Crippen molar-refractivity contribution in [3.05, 3.63) is 0 Å². The van der Waals surface area contributed by atoms with Gasteiger partial charge in [0.05, 0.1) is 0 Å². The molecule has 0 saturated carbocycles. The van der Waals surface area contributed by atoms with Crippen LogP contribution in [-0.4, -0.2) is 37.1 Å². The van der Waals surface area contributed by atoms with Gasteiger partial charge in [0, 0.05) is 6.04 Å². The average molecular weight is 243 g/mol. The van der Waals surface area contributed by atoms with Gasteiger partial charge >= 0.3 is 0 Å². The van der Waals surface area contributed by atoms with Crippen molar-refractivity contribution < 1.29 is 0 Å². The third kappa shape index (κ3) is 5.40. The number of nitrogens with one attached hydrogen (secondary N) is 1. The Kier molecular flexibility index (Phi) is 12.1. The summed E-state index contributed by atoms with van der Waals surface area (Å²) in [6, 6.07) is 0.843. The first kappa shape index (κ1) is 16.9. The quantitative estimate of drug-likeness (QED) is 0.818. The van der Waals surface area contributed by atoms with E-state index in [9.17, 15) is 0 Å². The molecule has 0 bridgehead atoms. The molecule has 0 aromatic heterocycles. The highest BCUT2D eigenvalue weighted by Gasteiger charge is 2.16. The second-order valence-electron chi connectivity index (χ2n) is 3.56. The highest BCUT2D eigenvalue weighted by atomic mass is 35.5. The molecule has 1 rings (SSSR count). The van der Waals surface area contributed by atoms with Gasteiger partial charge in [0.15, 0.2) is 0 Å². The maximum absolute atomic E-state index is 3.45. The van der Waals surface area contributed by atoms with Crippen molar-refractivity contribution in [2.45, 2.75) is 39.2 Å². The van der Waals surface area contributed by atoms with Crippen LogP contribution in [0.2, 0.25) is 0 Å². The van der Waals surface area contributed by atoms with Crippen molar-refractivity contribution >= 4 is 24.8 Å². The largest absolute Gasteiger partial charge is 0.317 e. The molecule has 2 nitrogen and oxygen atoms in total. The molecule has 0 amide bonds. The number of hydrogen-bond donors (Lipinski definition) is 1. The molecule has 1 fully saturated rings. The predicted octanol–water partition coefficient (Wildman–Crippen LogP) is 2.31. The SMILES string of the molecule is CCN(CC)C1CCCNCC1.Cl.Cl. The molecular weight excluding hydrogens is 219 g/mol. The smallest absolute Gasteiger partial charge is 0.0108 e. The molecule has 0 aromatic rings. The van der Waals surface area contributed by atoms with Crippen molar-refractivity contribution in [1.29, 1.82) is 0 Å². The van der Waals surface area contributed by atoms with E-state index in [1.165, 1.54) is 45.4 Å². The Bertz CT molecular complexity index is 111. The van der Waals surface area contributed by atoms with Crippen LogP contribution < -0.4 is 5.32 Å². The standard InChI is InChI=1S/C10H22N2.2ClH/c1-3-12(4-2)10-6-5-8-11-9-7-10;;/h10-11H,3-9H2,1-2H3;2*1H. The van der Waals surface area contributed by atoms with Gasteiger partial charge in [0.25, 0.3) is 0 Å². The van der Waals surface area contributed by atoms with E-state index < -0.39 is 0 Å². The Labute approximate surface area is 101 Å². The number of nitrogens with zero attached hydrogens (tertiary/aromatic N) is 1. The fourth-order valence-corrected chi connectivity index (χ4v) is 2.11. The molecule has 14 heavy (non-hydrogen) atoms. The molecule has 1 atom stereocenters. The Morgan fingerprint density at radius 1 is 1.07 bits per heavy atom. The lowest BCUT2D eigenvalue weighted by molar-refractivity contribution is 0.201. The molecule has 4 heteroatoms. The molecule has 0 aliphatic carbocycles. The summed E-state index contributed by atoms with van der Waals surface area (Å²) < 4.78 is 0. The van der Waals surface area contributed by atoms with E-state index >= 15 is 0 Å². The van der Waals surface area contributed by atoms with Crippen molar-refractivity contribution in [3.63, 3.8) is 0 Å². The Balaban J connectivity index is 0. The van der Waals surface area contributed by atoms with Crippen molar-refractivity contribution in [2.24, 2.45) is 0 Å². The van der Waals surface area contributed by atoms with Crippen LogP contribution in [0.1, 0.15) is 33.1 Å². The van der Waals surface area contributed by atoms with Crippen molar-refractivity contribution in [3.8, 4) is 0 Å². The van der Waals surface area contributed by atoms with Gasteiger partial charge in [-0.05, 0) is 45.4 Å². The molecule has 1 aliphatic heterocycles. The first-order chi connectivity index (χ1) is 5.88. The van der Waals surface area contributed by atoms with Gasteiger partial charge in [-0.25, -0.2) is 0 Å². The van der Waals surface area contributed by atoms with Crippen LogP contribution in [-0.2, 0) is 0 Å². The summed E-state index contributed by atoms with van der Waals surface area (Å²) in [4.78, 5) is 2.59. The summed E-state index contributed by atoms with van der Waals surface area (Å²) in [5.74, 6) is 0. The maximum Gasteiger partial charge on any atom is 0.0108 e. The van der Waals surface area contributed by atoms with E-state index in [-0.39, 0.29) is 24.8 Å². The zero-order valence-corrected chi connectivity index (χ0v) is 10.9. The minimum absolute atomic E-state index is 0. The first-order valence-electron chi connectivity index (χ1n) is 5.33. The molecular formula is C10H24Cl2N2. The fraction of sp³-hybridized carbons (Fsp3) is 1.00. The lowest BCUT2D eigenvalue weighted by atomic mass is 10.1. The van der Waals surface area contributed by atoms with Crippen LogP contribution >= 0.6 is 24.8 Å². The van der Waals surface area contributed by atoms with E-state index in [1.807, 2.05) is 0 Å². The molecule has 1 unspecified atom stereocenters. The van der Waals surface area contributed by atoms with E-state index in [0.29, 0.717) is 0 Å². The van der Waals surface area contributed by atoms with Crippen LogP contribution in [0.4, 0.5) is 0 Å². The zero-order valence-electron chi connectivity index (χ0n) is 9.29. The van der Waals surface area contributed by atoms with E-state index in [1.54, 1.807) is 0 Å². The molecule has 1 saturated heterocycles. The number of halogens is 2. The molecule has 1 heterocycles. The van der Waals surface area contributed by atoms with Crippen molar-refractivity contribution in [2.75, 3.05) is 26.2 Å². The number of rotatable bonds is 3. The average Bonchev–Trinajstić information content (AvgIpc) is 2.35. The second-order valence-corrected chi connectivity index (χ2v) is 3.56. The van der Waals surface area contributed by atoms with Gasteiger partial charge < -0.3 is 10.2 Å². The van der Waals surface area contributed by atoms with Gasteiger partial charge in [-0.1, -0.05) is 13.8 Å². The predicted molar refractivity (Wildman–Crippen MR) is 67.9 cm³/mol. The van der Waals surface area contributed by atoms with Crippen LogP contribution in [0.25, 0.3) is 0 Å². The maximum atomic E-state index is 3.45. The Morgan fingerprint density at radius 3 is 2.29 bits per heavy atom. The fourth-order valence-electron chi connectivity index (χ4n) is 2.11. The van der Waals surface area contributed by atoms with Gasteiger partial charge in [-0.2, -0.15) is 0 Å². The van der Waals surface area contributed by atoms with Crippen LogP contribution in [0.15, 0.2) is 0 Å². The van der Waals surface area contributed by atoms with Gasteiger partial charge in [0.1, 0.15) is 0 Å². The highest BCUT2D eigenvalue weighted by Crippen LogP contribution is 2.12. The monoisotopic (exact) mass is 242 g/mol. The minimum atomic E-state index is 0. The van der Waals surface area contributed by atoms with Gasteiger partial charge in [-0.3, -0.25) is 0 Å².